The summed E-state index contributed by atoms with van der Waals surface area (Å²) >= 11 is 12.3. The molecule has 0 spiro atoms. The normalized spacial score (nSPS) is 19.9. The highest BCUT2D eigenvalue weighted by Crippen LogP contribution is 2.39. The van der Waals surface area contributed by atoms with Gasteiger partial charge in [-0.3, -0.25) is 4.79 Å². The van der Waals surface area contributed by atoms with Crippen LogP contribution in [0.25, 0.3) is 0 Å². The topological polar surface area (TPSA) is 88.3 Å². The maximum atomic E-state index is 14.1. The second kappa shape index (κ2) is 8.28. The average Bonchev–Trinajstić information content (AvgIpc) is 2.64. The van der Waals surface area contributed by atoms with Crippen LogP contribution < -0.4 is 15.4 Å². The van der Waals surface area contributed by atoms with Crippen molar-refractivity contribution in [2.45, 2.75) is 29.8 Å². The fraction of sp³-hybridized carbons (Fsp3) is 0.294. The second-order valence-electron chi connectivity index (χ2n) is 6.26. The van der Waals surface area contributed by atoms with Crippen LogP contribution >= 0.6 is 23.2 Å². The van der Waals surface area contributed by atoms with Crippen LogP contribution in [0.5, 0.6) is 0 Å². The van der Waals surface area contributed by atoms with Crippen molar-refractivity contribution in [3.05, 3.63) is 46.6 Å². The van der Waals surface area contributed by atoms with E-state index in [9.17, 15) is 17.8 Å². The van der Waals surface area contributed by atoms with Crippen molar-refractivity contribution in [1.82, 2.24) is 4.98 Å². The van der Waals surface area contributed by atoms with Crippen LogP contribution in [0.4, 0.5) is 20.2 Å². The van der Waals surface area contributed by atoms with Crippen LogP contribution in [0.3, 0.4) is 0 Å². The number of pyridine rings is 1. The van der Waals surface area contributed by atoms with Crippen molar-refractivity contribution in [2.24, 2.45) is 5.14 Å². The molecule has 3 rings (SSSR count). The van der Waals surface area contributed by atoms with Gasteiger partial charge in [-0.05, 0) is 24.3 Å². The molecule has 150 valence electrons. The molecule has 0 saturated carbocycles. The Hall–Kier alpha value is -1.81. The number of carbonyl (C=O) groups excluding carboxylic acids is 1. The van der Waals surface area contributed by atoms with Gasteiger partial charge in [0, 0.05) is 31.3 Å². The number of rotatable bonds is 4. The summed E-state index contributed by atoms with van der Waals surface area (Å²) in [6.45, 7) is -0.0699. The lowest BCUT2D eigenvalue weighted by atomic mass is 9.96. The zero-order valence-electron chi connectivity index (χ0n) is 14.4. The summed E-state index contributed by atoms with van der Waals surface area (Å²) in [6, 6.07) is 6.43. The molecule has 2 heterocycles. The summed E-state index contributed by atoms with van der Waals surface area (Å²) in [4.78, 5) is 18.2. The van der Waals surface area contributed by atoms with Gasteiger partial charge in [0.05, 0.1) is 15.7 Å². The Bertz CT molecular complexity index is 932. The molecule has 1 aromatic carbocycles. The SMILES string of the molecule is NS(=O)c1cc(NC(=O)C2CC(F)(F)CCN2c2cccc(Cl)c2Cl)ccn1. The van der Waals surface area contributed by atoms with Crippen molar-refractivity contribution in [3.8, 4) is 0 Å². The highest BCUT2D eigenvalue weighted by molar-refractivity contribution is 7.82. The Morgan fingerprint density at radius 1 is 1.36 bits per heavy atom. The minimum atomic E-state index is -2.99. The molecule has 3 N–H and O–H groups in total. The first kappa shape index (κ1) is 20.9. The molecular formula is C17H16Cl2F2N4O2S. The van der Waals surface area contributed by atoms with Gasteiger partial charge in [0.2, 0.25) is 5.91 Å². The molecule has 1 aliphatic heterocycles. The Labute approximate surface area is 172 Å². The van der Waals surface area contributed by atoms with E-state index in [0.717, 1.165) is 0 Å². The van der Waals surface area contributed by atoms with Crippen LogP contribution in [0, 0.1) is 0 Å². The van der Waals surface area contributed by atoms with E-state index in [-0.39, 0.29) is 27.3 Å². The van der Waals surface area contributed by atoms with Crippen LogP contribution in [0.15, 0.2) is 41.6 Å². The van der Waals surface area contributed by atoms with Gasteiger partial charge < -0.3 is 10.2 Å². The molecule has 1 aliphatic rings. The summed E-state index contributed by atoms with van der Waals surface area (Å²) in [5, 5.41) is 8.35. The molecule has 1 saturated heterocycles. The van der Waals surface area contributed by atoms with Gasteiger partial charge in [-0.2, -0.15) is 0 Å². The molecular weight excluding hydrogens is 433 g/mol. The zero-order valence-corrected chi connectivity index (χ0v) is 16.7. The largest absolute Gasteiger partial charge is 0.358 e. The van der Waals surface area contributed by atoms with E-state index < -0.39 is 41.7 Å². The van der Waals surface area contributed by atoms with E-state index in [2.05, 4.69) is 10.3 Å². The number of nitrogens with one attached hydrogen (secondary N) is 1. The standard InChI is InChI=1S/C17H16Cl2F2N4O2S/c18-11-2-1-3-12(15(11)19)25-7-5-17(20,21)9-13(25)16(26)24-10-4-6-23-14(8-10)28(22)27/h1-4,6,8,13H,5,7,9,22H2,(H,23,24,26). The van der Waals surface area contributed by atoms with E-state index in [1.165, 1.54) is 23.2 Å². The summed E-state index contributed by atoms with van der Waals surface area (Å²) in [7, 11) is -1.84. The van der Waals surface area contributed by atoms with E-state index in [0.29, 0.717) is 5.69 Å². The fourth-order valence-corrected chi connectivity index (χ4v) is 3.81. The van der Waals surface area contributed by atoms with Crippen LogP contribution in [-0.4, -0.2) is 33.6 Å². The molecule has 11 heteroatoms. The maximum absolute atomic E-state index is 14.1. The molecule has 28 heavy (non-hydrogen) atoms. The Balaban J connectivity index is 1.90. The smallest absolute Gasteiger partial charge is 0.252 e. The van der Waals surface area contributed by atoms with Gasteiger partial charge in [-0.15, -0.1) is 0 Å². The molecule has 1 amide bonds. The number of amides is 1. The van der Waals surface area contributed by atoms with Crippen molar-refractivity contribution in [2.75, 3.05) is 16.8 Å². The molecule has 6 nitrogen and oxygen atoms in total. The molecule has 2 aromatic rings. The van der Waals surface area contributed by atoms with Gasteiger partial charge in [0.15, 0.2) is 0 Å². The first-order valence-electron chi connectivity index (χ1n) is 8.19. The van der Waals surface area contributed by atoms with Crippen molar-refractivity contribution >= 4 is 51.5 Å². The first-order chi connectivity index (χ1) is 13.2. The molecule has 0 bridgehead atoms. The number of carbonyl (C=O) groups is 1. The van der Waals surface area contributed by atoms with Crippen LogP contribution in [0.1, 0.15) is 12.8 Å². The number of benzene rings is 1. The Morgan fingerprint density at radius 3 is 2.82 bits per heavy atom. The monoisotopic (exact) mass is 448 g/mol. The van der Waals surface area contributed by atoms with Gasteiger partial charge >= 0.3 is 0 Å². The predicted molar refractivity (Wildman–Crippen MR) is 105 cm³/mol. The summed E-state index contributed by atoms with van der Waals surface area (Å²) in [5.41, 5.74) is 0.656. The van der Waals surface area contributed by atoms with Crippen molar-refractivity contribution in [3.63, 3.8) is 0 Å². The highest BCUT2D eigenvalue weighted by atomic mass is 35.5. The van der Waals surface area contributed by atoms with Crippen LogP contribution in [0.2, 0.25) is 10.0 Å². The molecule has 1 fully saturated rings. The number of alkyl halides is 2. The predicted octanol–water partition coefficient (Wildman–Crippen LogP) is 3.61. The van der Waals surface area contributed by atoms with E-state index >= 15 is 0 Å². The summed E-state index contributed by atoms with van der Waals surface area (Å²) in [5.74, 6) is -3.65. The third-order valence-electron chi connectivity index (χ3n) is 4.34. The van der Waals surface area contributed by atoms with Gasteiger partial charge in [-0.25, -0.2) is 23.1 Å². The highest BCUT2D eigenvalue weighted by Gasteiger charge is 2.44. The lowest BCUT2D eigenvalue weighted by Gasteiger charge is -2.40. The number of halogens is 4. The number of anilines is 2. The number of nitrogens with two attached hydrogens (primary N) is 1. The van der Waals surface area contributed by atoms with E-state index in [1.807, 2.05) is 0 Å². The van der Waals surface area contributed by atoms with E-state index in [1.54, 1.807) is 18.2 Å². The lowest BCUT2D eigenvalue weighted by molar-refractivity contribution is -0.121. The fourth-order valence-electron chi connectivity index (χ4n) is 2.99. The number of aromatic nitrogens is 1. The molecule has 0 aliphatic carbocycles. The molecule has 2 atom stereocenters. The van der Waals surface area contributed by atoms with Crippen molar-refractivity contribution < 1.29 is 17.8 Å². The molecule has 0 radical (unpaired) electrons. The van der Waals surface area contributed by atoms with Gasteiger partial charge in [0.25, 0.3) is 5.92 Å². The third-order valence-corrected chi connectivity index (χ3v) is 5.78. The number of nitrogens with zero attached hydrogens (tertiary/aromatic N) is 2. The van der Waals surface area contributed by atoms with Crippen LogP contribution in [-0.2, 0) is 15.8 Å². The average molecular weight is 449 g/mol. The Morgan fingerprint density at radius 2 is 2.11 bits per heavy atom. The molecule has 2 unspecified atom stereocenters. The quantitative estimate of drug-likeness (QED) is 0.747. The second-order valence-corrected chi connectivity index (χ2v) is 8.06. The zero-order chi connectivity index (χ0) is 20.5. The number of hydrogen-bond donors (Lipinski definition) is 2. The first-order valence-corrected chi connectivity index (χ1v) is 10.2. The van der Waals surface area contributed by atoms with E-state index in [4.69, 9.17) is 28.3 Å². The summed E-state index contributed by atoms with van der Waals surface area (Å²) < 4.78 is 39.5. The minimum Gasteiger partial charge on any atom is -0.358 e. The van der Waals surface area contributed by atoms with Gasteiger partial charge in [-0.1, -0.05) is 29.3 Å². The third kappa shape index (κ3) is 4.60. The summed E-state index contributed by atoms with van der Waals surface area (Å²) in [6.07, 6.45) is 0.227. The van der Waals surface area contributed by atoms with Gasteiger partial charge in [0.1, 0.15) is 22.1 Å². The number of hydrogen-bond acceptors (Lipinski definition) is 4. The Kier molecular flexibility index (Phi) is 6.18. The minimum absolute atomic E-state index is 0.0570. The van der Waals surface area contributed by atoms with Crippen molar-refractivity contribution in [1.29, 1.82) is 0 Å². The number of piperidine rings is 1. The maximum Gasteiger partial charge on any atom is 0.252 e. The molecule has 1 aromatic heterocycles. The lowest BCUT2D eigenvalue weighted by Crippen LogP contribution is -2.53.